The van der Waals surface area contributed by atoms with Gasteiger partial charge in [0.15, 0.2) is 5.82 Å². The number of hydrogen-bond acceptors (Lipinski definition) is 6. The Kier molecular flexibility index (Phi) is 8.35. The van der Waals surface area contributed by atoms with E-state index in [1.165, 1.54) is 4.52 Å². The number of fused-ring (bicyclic) bond motifs is 1. The maximum absolute atomic E-state index is 13.8. The highest BCUT2D eigenvalue weighted by Crippen LogP contribution is 2.34. The maximum Gasteiger partial charge on any atom is 0.416 e. The Morgan fingerprint density at radius 2 is 2.15 bits per heavy atom. The Morgan fingerprint density at radius 3 is 2.83 bits per heavy atom. The lowest BCUT2D eigenvalue weighted by atomic mass is 10.1. The number of carbonyl (C=O) groups excluding carboxylic acids is 1. The van der Waals surface area contributed by atoms with Gasteiger partial charge in [0.1, 0.15) is 6.54 Å². The fourth-order valence-electron chi connectivity index (χ4n) is 5.14. The van der Waals surface area contributed by atoms with Crippen molar-refractivity contribution in [1.29, 1.82) is 0 Å². The second-order valence-electron chi connectivity index (χ2n) is 10.2. The Bertz CT molecular complexity index is 1610. The van der Waals surface area contributed by atoms with E-state index in [9.17, 15) is 22.8 Å². The smallest absolute Gasteiger partial charge is 0.377 e. The van der Waals surface area contributed by atoms with Gasteiger partial charge in [-0.2, -0.15) is 22.7 Å². The lowest BCUT2D eigenvalue weighted by Crippen LogP contribution is -2.29. The molecular weight excluding hydrogens is 561 g/mol. The molecule has 0 saturated carbocycles. The summed E-state index contributed by atoms with van der Waals surface area (Å²) in [4.78, 5) is 31.7. The van der Waals surface area contributed by atoms with Crippen LogP contribution in [0, 0.1) is 0 Å². The molecular formula is C28H30ClF3N6O3. The number of halogens is 4. The molecule has 1 atom stereocenters. The summed E-state index contributed by atoms with van der Waals surface area (Å²) in [5.74, 6) is 0.0329. The SMILES string of the molecule is CCc1c(C=C2CNC(C)C2)c(=O)n2nc(C3=CCOCCC3)nc2n1CC(=O)Nc1ccc(C(F)(F)F)cc1Cl. The van der Waals surface area contributed by atoms with E-state index in [0.29, 0.717) is 49.7 Å². The average molecular weight is 591 g/mol. The maximum atomic E-state index is 13.8. The molecule has 13 heteroatoms. The van der Waals surface area contributed by atoms with Crippen molar-refractivity contribution in [3.05, 3.63) is 67.9 Å². The van der Waals surface area contributed by atoms with Crippen molar-refractivity contribution in [3.63, 3.8) is 0 Å². The first kappa shape index (κ1) is 29.0. The fraction of sp³-hybridized carbons (Fsp3) is 0.429. The minimum atomic E-state index is -4.56. The van der Waals surface area contributed by atoms with Crippen molar-refractivity contribution < 1.29 is 22.7 Å². The van der Waals surface area contributed by atoms with Gasteiger partial charge in [-0.15, -0.1) is 5.10 Å². The van der Waals surface area contributed by atoms with Gasteiger partial charge in [-0.1, -0.05) is 30.2 Å². The molecule has 0 spiro atoms. The first-order valence-electron chi connectivity index (χ1n) is 13.4. The Labute approximate surface area is 239 Å². The van der Waals surface area contributed by atoms with Crippen LogP contribution in [-0.4, -0.2) is 50.9 Å². The first-order valence-corrected chi connectivity index (χ1v) is 13.8. The van der Waals surface area contributed by atoms with Crippen LogP contribution in [0.5, 0.6) is 0 Å². The summed E-state index contributed by atoms with van der Waals surface area (Å²) in [7, 11) is 0. The minimum Gasteiger partial charge on any atom is -0.377 e. The van der Waals surface area contributed by atoms with E-state index in [4.69, 9.17) is 16.3 Å². The number of aromatic nitrogens is 4. The number of allylic oxidation sites excluding steroid dienone is 1. The van der Waals surface area contributed by atoms with Crippen LogP contribution in [-0.2, 0) is 28.7 Å². The lowest BCUT2D eigenvalue weighted by molar-refractivity contribution is -0.137. The van der Waals surface area contributed by atoms with Gasteiger partial charge in [0, 0.05) is 24.9 Å². The molecule has 218 valence electrons. The number of benzene rings is 1. The predicted molar refractivity (Wildman–Crippen MR) is 150 cm³/mol. The summed E-state index contributed by atoms with van der Waals surface area (Å²) < 4.78 is 47.6. The third-order valence-electron chi connectivity index (χ3n) is 7.16. The molecule has 9 nitrogen and oxygen atoms in total. The van der Waals surface area contributed by atoms with Gasteiger partial charge in [0.05, 0.1) is 28.4 Å². The fourth-order valence-corrected chi connectivity index (χ4v) is 5.37. The third kappa shape index (κ3) is 6.24. The Balaban J connectivity index is 1.58. The van der Waals surface area contributed by atoms with Gasteiger partial charge in [-0.05, 0) is 62.5 Å². The molecule has 1 amide bonds. The third-order valence-corrected chi connectivity index (χ3v) is 7.47. The molecule has 0 aliphatic carbocycles. The van der Waals surface area contributed by atoms with Gasteiger partial charge in [-0.3, -0.25) is 9.59 Å². The van der Waals surface area contributed by atoms with Crippen molar-refractivity contribution in [2.45, 2.75) is 58.3 Å². The summed E-state index contributed by atoms with van der Waals surface area (Å²) in [6.07, 6.45) is 1.85. The quantitative estimate of drug-likeness (QED) is 0.431. The number of nitrogens with zero attached hydrogens (tertiary/aromatic N) is 4. The molecule has 4 heterocycles. The van der Waals surface area contributed by atoms with Gasteiger partial charge in [-0.25, -0.2) is 0 Å². The zero-order valence-corrected chi connectivity index (χ0v) is 23.4. The van der Waals surface area contributed by atoms with Gasteiger partial charge in [0.25, 0.3) is 5.56 Å². The summed E-state index contributed by atoms with van der Waals surface area (Å²) in [5.41, 5.74) is 1.71. The summed E-state index contributed by atoms with van der Waals surface area (Å²) in [6.45, 7) is 5.34. The molecule has 0 bridgehead atoms. The summed E-state index contributed by atoms with van der Waals surface area (Å²) in [6, 6.07) is 3.01. The highest BCUT2D eigenvalue weighted by molar-refractivity contribution is 6.33. The standard InChI is InChI=1S/C28H30ClF3N6O3/c1-3-23-20(12-17-11-16(2)33-14-17)26(40)38-27(35-25(36-38)18-5-4-9-41-10-8-18)37(23)15-24(39)34-22-7-6-19(13-21(22)29)28(30,31)32/h6-8,12-13,16,33H,3-5,9-11,14-15H2,1-2H3,(H,34,39). The molecule has 1 fully saturated rings. The van der Waals surface area contributed by atoms with E-state index in [1.54, 1.807) is 4.57 Å². The van der Waals surface area contributed by atoms with E-state index in [0.717, 1.165) is 42.2 Å². The molecule has 0 radical (unpaired) electrons. The number of nitrogens with one attached hydrogen (secondary N) is 2. The number of amides is 1. The van der Waals surface area contributed by atoms with Crippen LogP contribution >= 0.6 is 11.6 Å². The van der Waals surface area contributed by atoms with Gasteiger partial charge < -0.3 is 19.9 Å². The number of rotatable bonds is 6. The molecule has 2 aromatic heterocycles. The highest BCUT2D eigenvalue weighted by Gasteiger charge is 2.31. The zero-order valence-electron chi connectivity index (χ0n) is 22.6. The lowest BCUT2D eigenvalue weighted by Gasteiger charge is -2.17. The van der Waals surface area contributed by atoms with Gasteiger partial charge in [0.2, 0.25) is 11.7 Å². The zero-order chi connectivity index (χ0) is 29.3. The van der Waals surface area contributed by atoms with E-state index in [2.05, 4.69) is 27.6 Å². The van der Waals surface area contributed by atoms with Crippen molar-refractivity contribution >= 4 is 40.6 Å². The molecule has 2 aliphatic rings. The van der Waals surface area contributed by atoms with E-state index < -0.39 is 17.6 Å². The molecule has 3 aromatic rings. The first-order chi connectivity index (χ1) is 19.5. The number of alkyl halides is 3. The molecule has 1 saturated heterocycles. The topological polar surface area (TPSA) is 103 Å². The van der Waals surface area contributed by atoms with Crippen LogP contribution in [0.4, 0.5) is 18.9 Å². The van der Waals surface area contributed by atoms with Crippen LogP contribution in [0.25, 0.3) is 17.4 Å². The number of carbonyl (C=O) groups is 1. The Hall–Kier alpha value is -3.48. The molecule has 41 heavy (non-hydrogen) atoms. The van der Waals surface area contributed by atoms with Crippen LogP contribution in [0.1, 0.15) is 55.8 Å². The number of hydrogen-bond donors (Lipinski definition) is 2. The largest absolute Gasteiger partial charge is 0.416 e. The minimum absolute atomic E-state index is 0.0407. The van der Waals surface area contributed by atoms with E-state index in [1.807, 2.05) is 19.1 Å². The molecule has 1 aromatic carbocycles. The molecule has 5 rings (SSSR count). The van der Waals surface area contributed by atoms with Crippen LogP contribution < -0.4 is 16.2 Å². The van der Waals surface area contributed by atoms with Crippen molar-refractivity contribution in [2.24, 2.45) is 0 Å². The van der Waals surface area contributed by atoms with Crippen LogP contribution in [0.2, 0.25) is 5.02 Å². The average Bonchev–Trinajstić information content (AvgIpc) is 3.45. The van der Waals surface area contributed by atoms with Crippen LogP contribution in [0.15, 0.2) is 34.6 Å². The second-order valence-corrected chi connectivity index (χ2v) is 10.6. The van der Waals surface area contributed by atoms with Crippen molar-refractivity contribution in [1.82, 2.24) is 24.5 Å². The predicted octanol–water partition coefficient (Wildman–Crippen LogP) is 4.72. The monoisotopic (exact) mass is 590 g/mol. The normalized spacial score (nSPS) is 19.0. The van der Waals surface area contributed by atoms with Crippen molar-refractivity contribution in [3.8, 4) is 0 Å². The van der Waals surface area contributed by atoms with Gasteiger partial charge >= 0.3 is 6.18 Å². The number of ether oxygens (including phenoxy) is 1. The van der Waals surface area contributed by atoms with E-state index in [-0.39, 0.29) is 34.6 Å². The highest BCUT2D eigenvalue weighted by atomic mass is 35.5. The number of anilines is 1. The molecule has 1 unspecified atom stereocenters. The molecule has 2 aliphatic heterocycles. The van der Waals surface area contributed by atoms with Crippen molar-refractivity contribution in [2.75, 3.05) is 25.1 Å². The summed E-state index contributed by atoms with van der Waals surface area (Å²) in [5, 5.41) is 10.3. The second kappa shape index (κ2) is 11.8. The Morgan fingerprint density at radius 1 is 1.34 bits per heavy atom. The van der Waals surface area contributed by atoms with Crippen LogP contribution in [0.3, 0.4) is 0 Å². The molecule has 2 N–H and O–H groups in total. The summed E-state index contributed by atoms with van der Waals surface area (Å²) >= 11 is 6.07. The van der Waals surface area contributed by atoms with E-state index >= 15 is 0 Å².